The second-order valence-corrected chi connectivity index (χ2v) is 5.56. The van der Waals surface area contributed by atoms with Gasteiger partial charge in [-0.05, 0) is 80.6 Å². The first-order valence-electron chi connectivity index (χ1n) is 6.92. The zero-order valence-electron chi connectivity index (χ0n) is 13.1. The lowest BCUT2D eigenvalue weighted by molar-refractivity contribution is 0.103. The predicted molar refractivity (Wildman–Crippen MR) is 84.4 cm³/mol. The smallest absolute Gasteiger partial charge is 0.195 e. The Morgan fingerprint density at radius 3 is 1.86 bits per heavy atom. The standard InChI is InChI=1S/C18H20FNO/c1-9-10(2)12(4)17(13(5)11(9)3)18(21)15-7-6-14(19)8-16(15)20/h6-8H,20H2,1-5H3. The molecule has 0 aliphatic heterocycles. The van der Waals surface area contributed by atoms with Crippen molar-refractivity contribution in [1.29, 1.82) is 0 Å². The molecule has 2 aromatic carbocycles. The lowest BCUT2D eigenvalue weighted by atomic mass is 9.86. The highest BCUT2D eigenvalue weighted by molar-refractivity contribution is 6.14. The SMILES string of the molecule is Cc1c(C)c(C)c(C(=O)c2ccc(F)cc2N)c(C)c1C. The van der Waals surface area contributed by atoms with Crippen molar-refractivity contribution in [3.8, 4) is 0 Å². The first-order valence-corrected chi connectivity index (χ1v) is 6.92. The Bertz CT molecular complexity index is 718. The molecule has 2 aromatic rings. The van der Waals surface area contributed by atoms with Crippen molar-refractivity contribution in [1.82, 2.24) is 0 Å². The monoisotopic (exact) mass is 285 g/mol. The number of hydrogen-bond acceptors (Lipinski definition) is 2. The van der Waals surface area contributed by atoms with Gasteiger partial charge in [0.15, 0.2) is 5.78 Å². The van der Waals surface area contributed by atoms with E-state index in [0.717, 1.165) is 22.3 Å². The van der Waals surface area contributed by atoms with Gasteiger partial charge in [-0.3, -0.25) is 4.79 Å². The quantitative estimate of drug-likeness (QED) is 0.664. The van der Waals surface area contributed by atoms with Gasteiger partial charge >= 0.3 is 0 Å². The summed E-state index contributed by atoms with van der Waals surface area (Å²) in [5.74, 6) is -0.581. The van der Waals surface area contributed by atoms with E-state index in [1.54, 1.807) is 0 Å². The van der Waals surface area contributed by atoms with Gasteiger partial charge in [-0.1, -0.05) is 0 Å². The summed E-state index contributed by atoms with van der Waals surface area (Å²) in [7, 11) is 0. The molecule has 0 amide bonds. The van der Waals surface area contributed by atoms with Crippen molar-refractivity contribution in [2.75, 3.05) is 5.73 Å². The molecule has 0 aliphatic carbocycles. The minimum absolute atomic E-state index is 0.145. The molecule has 0 unspecified atom stereocenters. The van der Waals surface area contributed by atoms with Gasteiger partial charge in [0.2, 0.25) is 0 Å². The fourth-order valence-corrected chi connectivity index (χ4v) is 2.72. The molecule has 0 bridgehead atoms. The highest BCUT2D eigenvalue weighted by Gasteiger charge is 2.21. The van der Waals surface area contributed by atoms with Gasteiger partial charge in [0.1, 0.15) is 5.82 Å². The van der Waals surface area contributed by atoms with Gasteiger partial charge < -0.3 is 5.73 Å². The van der Waals surface area contributed by atoms with Crippen LogP contribution < -0.4 is 5.73 Å². The van der Waals surface area contributed by atoms with Crippen molar-refractivity contribution in [2.45, 2.75) is 34.6 Å². The van der Waals surface area contributed by atoms with Crippen molar-refractivity contribution in [3.63, 3.8) is 0 Å². The van der Waals surface area contributed by atoms with E-state index in [0.29, 0.717) is 11.1 Å². The number of anilines is 1. The average Bonchev–Trinajstić information content (AvgIpc) is 2.43. The molecule has 3 heteroatoms. The normalized spacial score (nSPS) is 10.8. The molecule has 0 radical (unpaired) electrons. The van der Waals surface area contributed by atoms with Gasteiger partial charge in [-0.2, -0.15) is 0 Å². The highest BCUT2D eigenvalue weighted by atomic mass is 19.1. The maximum Gasteiger partial charge on any atom is 0.195 e. The third-order valence-electron chi connectivity index (χ3n) is 4.49. The summed E-state index contributed by atoms with van der Waals surface area (Å²) in [6, 6.07) is 3.91. The third-order valence-corrected chi connectivity index (χ3v) is 4.49. The summed E-state index contributed by atoms with van der Waals surface area (Å²) < 4.78 is 13.2. The van der Waals surface area contributed by atoms with E-state index in [4.69, 9.17) is 5.73 Å². The van der Waals surface area contributed by atoms with Crippen molar-refractivity contribution in [3.05, 3.63) is 63.0 Å². The molecule has 0 fully saturated rings. The molecule has 0 heterocycles. The Labute approximate surface area is 124 Å². The highest BCUT2D eigenvalue weighted by Crippen LogP contribution is 2.29. The third kappa shape index (κ3) is 2.44. The summed E-state index contributed by atoms with van der Waals surface area (Å²) >= 11 is 0. The Hall–Kier alpha value is -2.16. The maximum atomic E-state index is 13.2. The molecular weight excluding hydrogens is 265 g/mol. The van der Waals surface area contributed by atoms with Gasteiger partial charge in [0.25, 0.3) is 0 Å². The van der Waals surface area contributed by atoms with E-state index in [1.165, 1.54) is 23.8 Å². The number of nitrogen functional groups attached to an aromatic ring is 1. The zero-order valence-corrected chi connectivity index (χ0v) is 13.1. The summed E-state index contributed by atoms with van der Waals surface area (Å²) in [6.45, 7) is 9.98. The van der Waals surface area contributed by atoms with E-state index >= 15 is 0 Å². The predicted octanol–water partition coefficient (Wildman–Crippen LogP) is 4.18. The van der Waals surface area contributed by atoms with Gasteiger partial charge in [-0.15, -0.1) is 0 Å². The topological polar surface area (TPSA) is 43.1 Å². The zero-order chi connectivity index (χ0) is 15.9. The average molecular weight is 285 g/mol. The summed E-state index contributed by atoms with van der Waals surface area (Å²) in [5, 5.41) is 0. The Kier molecular flexibility index (Phi) is 3.86. The fourth-order valence-electron chi connectivity index (χ4n) is 2.72. The molecule has 0 aliphatic rings. The lowest BCUT2D eigenvalue weighted by Crippen LogP contribution is -2.12. The minimum atomic E-state index is -0.436. The molecule has 0 saturated heterocycles. The Morgan fingerprint density at radius 2 is 1.38 bits per heavy atom. The first-order chi connectivity index (χ1) is 9.75. The van der Waals surface area contributed by atoms with Crippen LogP contribution in [0.15, 0.2) is 18.2 Å². The van der Waals surface area contributed by atoms with E-state index in [1.807, 2.05) is 27.7 Å². The summed E-state index contributed by atoms with van der Waals surface area (Å²) in [4.78, 5) is 12.8. The summed E-state index contributed by atoms with van der Waals surface area (Å²) in [5.41, 5.74) is 12.4. The minimum Gasteiger partial charge on any atom is -0.398 e. The van der Waals surface area contributed by atoms with Crippen molar-refractivity contribution in [2.24, 2.45) is 0 Å². The molecule has 2 N–H and O–H groups in total. The number of nitrogens with two attached hydrogens (primary N) is 1. The van der Waals surface area contributed by atoms with Crippen LogP contribution in [0.5, 0.6) is 0 Å². The second kappa shape index (κ2) is 5.32. The van der Waals surface area contributed by atoms with Gasteiger partial charge in [-0.25, -0.2) is 4.39 Å². The molecule has 2 rings (SSSR count). The van der Waals surface area contributed by atoms with Gasteiger partial charge in [0.05, 0.1) is 0 Å². The van der Waals surface area contributed by atoms with Crippen LogP contribution in [0.4, 0.5) is 10.1 Å². The Balaban J connectivity index is 2.70. The number of carbonyl (C=O) groups is 1. The van der Waals surface area contributed by atoms with Crippen LogP contribution in [0.3, 0.4) is 0 Å². The summed E-state index contributed by atoms with van der Waals surface area (Å²) in [6.07, 6.45) is 0. The fraction of sp³-hybridized carbons (Fsp3) is 0.278. The van der Waals surface area contributed by atoms with Crippen LogP contribution in [0.1, 0.15) is 43.7 Å². The van der Waals surface area contributed by atoms with Crippen molar-refractivity contribution >= 4 is 11.5 Å². The van der Waals surface area contributed by atoms with Crippen LogP contribution in [-0.2, 0) is 0 Å². The van der Waals surface area contributed by atoms with Crippen LogP contribution in [0, 0.1) is 40.4 Å². The van der Waals surface area contributed by atoms with Crippen LogP contribution in [-0.4, -0.2) is 5.78 Å². The van der Waals surface area contributed by atoms with Crippen LogP contribution in [0.25, 0.3) is 0 Å². The van der Waals surface area contributed by atoms with E-state index in [9.17, 15) is 9.18 Å². The van der Waals surface area contributed by atoms with Crippen molar-refractivity contribution < 1.29 is 9.18 Å². The number of benzene rings is 2. The lowest BCUT2D eigenvalue weighted by Gasteiger charge is -2.18. The maximum absolute atomic E-state index is 13.2. The van der Waals surface area contributed by atoms with E-state index < -0.39 is 5.82 Å². The largest absolute Gasteiger partial charge is 0.398 e. The molecule has 21 heavy (non-hydrogen) atoms. The molecule has 0 saturated carbocycles. The van der Waals surface area contributed by atoms with Crippen LogP contribution in [0.2, 0.25) is 0 Å². The molecular formula is C18H20FNO. The second-order valence-electron chi connectivity index (χ2n) is 5.56. The molecule has 0 atom stereocenters. The molecule has 2 nitrogen and oxygen atoms in total. The molecule has 0 aromatic heterocycles. The molecule has 110 valence electrons. The van der Waals surface area contributed by atoms with Gasteiger partial charge in [0, 0.05) is 16.8 Å². The van der Waals surface area contributed by atoms with Crippen LogP contribution >= 0.6 is 0 Å². The number of halogens is 1. The number of ketones is 1. The number of rotatable bonds is 2. The molecule has 0 spiro atoms. The first kappa shape index (κ1) is 15.2. The van der Waals surface area contributed by atoms with E-state index in [2.05, 4.69) is 6.92 Å². The van der Waals surface area contributed by atoms with E-state index in [-0.39, 0.29) is 11.5 Å². The number of hydrogen-bond donors (Lipinski definition) is 1. The Morgan fingerprint density at radius 1 is 0.905 bits per heavy atom. The number of carbonyl (C=O) groups excluding carboxylic acids is 1.